The summed E-state index contributed by atoms with van der Waals surface area (Å²) < 4.78 is 0. The lowest BCUT2D eigenvalue weighted by molar-refractivity contribution is 0.0935. The summed E-state index contributed by atoms with van der Waals surface area (Å²) in [6.07, 6.45) is 6.39. The highest BCUT2D eigenvalue weighted by molar-refractivity contribution is 6.00. The molecule has 0 radical (unpaired) electrons. The Morgan fingerprint density at radius 3 is 2.82 bits per heavy atom. The second-order valence-electron chi connectivity index (χ2n) is 4.89. The lowest BCUT2D eigenvalue weighted by Gasteiger charge is -2.26. The van der Waals surface area contributed by atoms with Crippen molar-refractivity contribution in [3.63, 3.8) is 0 Å². The van der Waals surface area contributed by atoms with Gasteiger partial charge in [0.25, 0.3) is 5.91 Å². The molecule has 4 rings (SSSR count). The van der Waals surface area contributed by atoms with Gasteiger partial charge in [-0.1, -0.05) is 0 Å². The molecule has 0 bridgehead atoms. The minimum atomic E-state index is -0.399. The molecular weight excluding hydrogens is 280 g/mol. The van der Waals surface area contributed by atoms with Crippen molar-refractivity contribution in [2.75, 3.05) is 5.32 Å². The molecule has 0 saturated carbocycles. The van der Waals surface area contributed by atoms with Gasteiger partial charge in [-0.15, -0.1) is 0 Å². The maximum atomic E-state index is 12.2. The van der Waals surface area contributed by atoms with Crippen molar-refractivity contribution >= 4 is 11.7 Å². The molecule has 22 heavy (non-hydrogen) atoms. The first kappa shape index (κ1) is 12.5. The first-order chi connectivity index (χ1) is 10.8. The van der Waals surface area contributed by atoms with Gasteiger partial charge in [0.15, 0.2) is 0 Å². The number of fused-ring (bicyclic) bond motifs is 1. The number of aromatic amines is 1. The van der Waals surface area contributed by atoms with Gasteiger partial charge in [0.1, 0.15) is 12.0 Å². The summed E-state index contributed by atoms with van der Waals surface area (Å²) in [5.41, 5.74) is 3.07. The molecule has 3 aromatic heterocycles. The van der Waals surface area contributed by atoms with Crippen molar-refractivity contribution < 1.29 is 4.79 Å². The van der Waals surface area contributed by atoms with Crippen molar-refractivity contribution in [2.45, 2.75) is 6.17 Å². The van der Waals surface area contributed by atoms with E-state index in [-0.39, 0.29) is 5.91 Å². The molecule has 0 spiro atoms. The molecule has 1 amide bonds. The van der Waals surface area contributed by atoms with Gasteiger partial charge in [-0.3, -0.25) is 14.9 Å². The molecule has 0 fully saturated rings. The molecule has 0 aromatic carbocycles. The summed E-state index contributed by atoms with van der Waals surface area (Å²) in [4.78, 5) is 20.5. The standard InChI is InChI=1S/C15H12N6O/c22-15-10-4-2-6-17-13(10)19-14(20-15)11-8-18-21-12(11)9-3-1-5-16-7-9/h1-8,14H,(H,17,19)(H,18,21)(H,20,22). The molecular formula is C15H12N6O. The molecule has 1 aliphatic heterocycles. The van der Waals surface area contributed by atoms with Crippen LogP contribution < -0.4 is 10.6 Å². The van der Waals surface area contributed by atoms with Gasteiger partial charge in [-0.25, -0.2) is 4.98 Å². The Hall–Kier alpha value is -3.22. The number of rotatable bonds is 2. The third kappa shape index (κ3) is 1.99. The Balaban J connectivity index is 1.73. The van der Waals surface area contributed by atoms with E-state index in [2.05, 4.69) is 30.8 Å². The summed E-state index contributed by atoms with van der Waals surface area (Å²) >= 11 is 0. The maximum absolute atomic E-state index is 12.2. The van der Waals surface area contributed by atoms with E-state index in [0.717, 1.165) is 16.8 Å². The second-order valence-corrected chi connectivity index (χ2v) is 4.89. The summed E-state index contributed by atoms with van der Waals surface area (Å²) in [6.45, 7) is 0. The third-order valence-electron chi connectivity index (χ3n) is 3.54. The average molecular weight is 292 g/mol. The van der Waals surface area contributed by atoms with E-state index >= 15 is 0 Å². The van der Waals surface area contributed by atoms with Crippen LogP contribution in [-0.2, 0) is 0 Å². The first-order valence-corrected chi connectivity index (χ1v) is 6.79. The lowest BCUT2D eigenvalue weighted by Crippen LogP contribution is -2.38. The molecule has 0 aliphatic carbocycles. The van der Waals surface area contributed by atoms with Crippen LogP contribution in [0.4, 0.5) is 5.82 Å². The number of pyridine rings is 2. The fraction of sp³-hybridized carbons (Fsp3) is 0.0667. The minimum Gasteiger partial charge on any atom is -0.345 e. The number of hydrogen-bond acceptors (Lipinski definition) is 5. The Morgan fingerprint density at radius 1 is 1.05 bits per heavy atom. The van der Waals surface area contributed by atoms with E-state index in [1.807, 2.05) is 12.1 Å². The van der Waals surface area contributed by atoms with E-state index < -0.39 is 6.17 Å². The van der Waals surface area contributed by atoms with Crippen molar-refractivity contribution in [2.24, 2.45) is 0 Å². The highest BCUT2D eigenvalue weighted by Crippen LogP contribution is 2.29. The number of hydrogen-bond donors (Lipinski definition) is 3. The molecule has 0 saturated heterocycles. The van der Waals surface area contributed by atoms with Gasteiger partial charge >= 0.3 is 0 Å². The van der Waals surface area contributed by atoms with Gasteiger partial charge in [0.2, 0.25) is 0 Å². The molecule has 1 aliphatic rings. The Bertz CT molecular complexity index is 829. The topological polar surface area (TPSA) is 95.6 Å². The van der Waals surface area contributed by atoms with Crippen LogP contribution >= 0.6 is 0 Å². The number of carbonyl (C=O) groups excluding carboxylic acids is 1. The second kappa shape index (κ2) is 4.96. The van der Waals surface area contributed by atoms with E-state index in [4.69, 9.17) is 0 Å². The van der Waals surface area contributed by atoms with Crippen molar-refractivity contribution in [1.82, 2.24) is 25.5 Å². The predicted molar refractivity (Wildman–Crippen MR) is 79.9 cm³/mol. The molecule has 7 heteroatoms. The smallest absolute Gasteiger partial charge is 0.256 e. The minimum absolute atomic E-state index is 0.162. The maximum Gasteiger partial charge on any atom is 0.256 e. The number of carbonyl (C=O) groups is 1. The monoisotopic (exact) mass is 292 g/mol. The average Bonchev–Trinajstić information content (AvgIpc) is 3.05. The molecule has 1 atom stereocenters. The molecule has 108 valence electrons. The summed E-state index contributed by atoms with van der Waals surface area (Å²) in [5, 5.41) is 13.2. The third-order valence-corrected chi connectivity index (χ3v) is 3.54. The quantitative estimate of drug-likeness (QED) is 0.668. The van der Waals surface area contributed by atoms with Gasteiger partial charge in [-0.2, -0.15) is 5.10 Å². The molecule has 3 N–H and O–H groups in total. The predicted octanol–water partition coefficient (Wildman–Crippen LogP) is 1.72. The van der Waals surface area contributed by atoms with E-state index in [1.165, 1.54) is 0 Å². The lowest BCUT2D eigenvalue weighted by atomic mass is 10.1. The number of aromatic nitrogens is 4. The zero-order valence-corrected chi connectivity index (χ0v) is 11.4. The largest absolute Gasteiger partial charge is 0.345 e. The van der Waals surface area contributed by atoms with Crippen molar-refractivity contribution in [1.29, 1.82) is 0 Å². The highest BCUT2D eigenvalue weighted by atomic mass is 16.2. The van der Waals surface area contributed by atoms with Crippen LogP contribution in [0.2, 0.25) is 0 Å². The van der Waals surface area contributed by atoms with Crippen LogP contribution in [0.3, 0.4) is 0 Å². The van der Waals surface area contributed by atoms with E-state index in [0.29, 0.717) is 11.4 Å². The first-order valence-electron chi connectivity index (χ1n) is 6.79. The Kier molecular flexibility index (Phi) is 2.82. The number of nitrogens with zero attached hydrogens (tertiary/aromatic N) is 3. The highest BCUT2D eigenvalue weighted by Gasteiger charge is 2.27. The molecule has 3 aromatic rings. The SMILES string of the molecule is O=C1NC(c2cn[nH]c2-c2cccnc2)Nc2ncccc21. The van der Waals surface area contributed by atoms with Crippen LogP contribution in [0.1, 0.15) is 22.1 Å². The number of H-pyrrole nitrogens is 1. The Labute approximate surface area is 125 Å². The fourth-order valence-electron chi connectivity index (χ4n) is 2.50. The molecule has 1 unspecified atom stereocenters. The number of anilines is 1. The number of nitrogens with one attached hydrogen (secondary N) is 3. The fourth-order valence-corrected chi connectivity index (χ4v) is 2.50. The van der Waals surface area contributed by atoms with E-state index in [9.17, 15) is 4.79 Å². The van der Waals surface area contributed by atoms with Crippen LogP contribution in [0.5, 0.6) is 0 Å². The summed E-state index contributed by atoms with van der Waals surface area (Å²) in [7, 11) is 0. The van der Waals surface area contributed by atoms with Crippen molar-refractivity contribution in [3.8, 4) is 11.3 Å². The number of amides is 1. The van der Waals surface area contributed by atoms with Crippen LogP contribution in [-0.4, -0.2) is 26.1 Å². The zero-order valence-electron chi connectivity index (χ0n) is 11.4. The van der Waals surface area contributed by atoms with E-state index in [1.54, 1.807) is 36.9 Å². The van der Waals surface area contributed by atoms with Gasteiger partial charge < -0.3 is 10.6 Å². The van der Waals surface area contributed by atoms with Gasteiger partial charge in [-0.05, 0) is 24.3 Å². The summed E-state index contributed by atoms with van der Waals surface area (Å²) in [6, 6.07) is 7.25. The van der Waals surface area contributed by atoms with Gasteiger partial charge in [0, 0.05) is 29.7 Å². The molecule has 4 heterocycles. The van der Waals surface area contributed by atoms with Gasteiger partial charge in [0.05, 0.1) is 17.5 Å². The Morgan fingerprint density at radius 2 is 1.95 bits per heavy atom. The van der Waals surface area contributed by atoms with Crippen LogP contribution in [0.15, 0.2) is 49.1 Å². The summed E-state index contributed by atoms with van der Waals surface area (Å²) in [5.74, 6) is 0.403. The van der Waals surface area contributed by atoms with Crippen LogP contribution in [0.25, 0.3) is 11.3 Å². The zero-order chi connectivity index (χ0) is 14.9. The van der Waals surface area contributed by atoms with Crippen LogP contribution in [0, 0.1) is 0 Å². The van der Waals surface area contributed by atoms with Crippen molar-refractivity contribution in [3.05, 3.63) is 60.2 Å². The normalized spacial score (nSPS) is 16.5. The molecule has 7 nitrogen and oxygen atoms in total.